The van der Waals surface area contributed by atoms with E-state index in [1.54, 1.807) is 0 Å². The molecule has 2 N–H and O–H groups in total. The number of rotatable bonds is 4. The zero-order valence-electron chi connectivity index (χ0n) is 15.7. The van der Waals surface area contributed by atoms with Gasteiger partial charge in [-0.1, -0.05) is 72.8 Å². The minimum absolute atomic E-state index is 0.0841. The van der Waals surface area contributed by atoms with Gasteiger partial charge in [-0.3, -0.25) is 9.48 Å². The molecule has 5 heteroatoms. The number of carbonyl (C=O) groups is 1. The molecule has 2 heterocycles. The summed E-state index contributed by atoms with van der Waals surface area (Å²) in [6.45, 7) is 0.665. The van der Waals surface area contributed by atoms with Gasteiger partial charge in [-0.15, -0.1) is 0 Å². The van der Waals surface area contributed by atoms with Crippen molar-refractivity contribution in [2.75, 3.05) is 5.32 Å². The van der Waals surface area contributed by atoms with Gasteiger partial charge in [-0.05, 0) is 17.7 Å². The van der Waals surface area contributed by atoms with E-state index in [0.717, 1.165) is 22.5 Å². The molecule has 1 aliphatic heterocycles. The Hall–Kier alpha value is -3.86. The monoisotopic (exact) mass is 380 g/mol. The van der Waals surface area contributed by atoms with Crippen LogP contribution in [-0.2, 0) is 6.54 Å². The smallest absolute Gasteiger partial charge is 0.255 e. The second-order valence-electron chi connectivity index (χ2n) is 7.08. The predicted octanol–water partition coefficient (Wildman–Crippen LogP) is 4.45. The van der Waals surface area contributed by atoms with Gasteiger partial charge in [0.15, 0.2) is 0 Å². The van der Waals surface area contributed by atoms with Crippen LogP contribution in [0.1, 0.15) is 27.7 Å². The Morgan fingerprint density at radius 3 is 2.31 bits per heavy atom. The first-order valence-electron chi connectivity index (χ1n) is 9.61. The van der Waals surface area contributed by atoms with Crippen molar-refractivity contribution in [2.24, 2.45) is 0 Å². The van der Waals surface area contributed by atoms with E-state index in [2.05, 4.69) is 22.8 Å². The molecule has 1 amide bonds. The maximum Gasteiger partial charge on any atom is 0.255 e. The maximum atomic E-state index is 12.6. The van der Waals surface area contributed by atoms with Gasteiger partial charge >= 0.3 is 0 Å². The first kappa shape index (κ1) is 17.3. The summed E-state index contributed by atoms with van der Waals surface area (Å²) in [4.78, 5) is 12.6. The van der Waals surface area contributed by atoms with E-state index >= 15 is 0 Å². The highest BCUT2D eigenvalue weighted by Gasteiger charge is 2.28. The van der Waals surface area contributed by atoms with Gasteiger partial charge < -0.3 is 10.6 Å². The molecule has 0 fully saturated rings. The Labute approximate surface area is 169 Å². The summed E-state index contributed by atoms with van der Waals surface area (Å²) >= 11 is 0. The van der Waals surface area contributed by atoms with E-state index in [1.165, 1.54) is 5.56 Å². The van der Waals surface area contributed by atoms with Crippen molar-refractivity contribution in [3.63, 3.8) is 0 Å². The summed E-state index contributed by atoms with van der Waals surface area (Å²) in [6, 6.07) is 27.8. The molecule has 29 heavy (non-hydrogen) atoms. The van der Waals surface area contributed by atoms with E-state index in [1.807, 2.05) is 83.7 Å². The molecule has 5 rings (SSSR count). The zero-order chi connectivity index (χ0) is 19.6. The zero-order valence-corrected chi connectivity index (χ0v) is 15.7. The summed E-state index contributed by atoms with van der Waals surface area (Å²) in [5.74, 6) is -0.0841. The molecular formula is C24H20N4O. The van der Waals surface area contributed by atoms with Gasteiger partial charge in [-0.25, -0.2) is 0 Å². The van der Waals surface area contributed by atoms with Crippen molar-refractivity contribution >= 4 is 11.6 Å². The SMILES string of the molecule is O=C1NC(c2cn(Cc3ccccc3)nc2-c2ccccc2)Nc2ccccc21. The molecule has 5 nitrogen and oxygen atoms in total. The number of nitrogens with one attached hydrogen (secondary N) is 2. The van der Waals surface area contributed by atoms with Crippen molar-refractivity contribution in [1.29, 1.82) is 0 Å². The first-order valence-corrected chi connectivity index (χ1v) is 9.61. The molecular weight excluding hydrogens is 360 g/mol. The maximum absolute atomic E-state index is 12.6. The second kappa shape index (κ2) is 7.28. The Morgan fingerprint density at radius 1 is 0.828 bits per heavy atom. The van der Waals surface area contributed by atoms with E-state index in [9.17, 15) is 4.79 Å². The number of amides is 1. The summed E-state index contributed by atoms with van der Waals surface area (Å²) in [5.41, 5.74) is 5.47. The predicted molar refractivity (Wildman–Crippen MR) is 113 cm³/mol. The molecule has 0 spiro atoms. The lowest BCUT2D eigenvalue weighted by Gasteiger charge is -2.27. The number of hydrogen-bond acceptors (Lipinski definition) is 3. The molecule has 4 aromatic rings. The van der Waals surface area contributed by atoms with Crippen molar-refractivity contribution in [3.8, 4) is 11.3 Å². The van der Waals surface area contributed by atoms with Gasteiger partial charge in [0, 0.05) is 23.0 Å². The van der Waals surface area contributed by atoms with Crippen LogP contribution in [0.4, 0.5) is 5.69 Å². The fourth-order valence-electron chi connectivity index (χ4n) is 3.68. The van der Waals surface area contributed by atoms with Crippen molar-refractivity contribution in [3.05, 3.63) is 108 Å². The molecule has 0 saturated carbocycles. The average Bonchev–Trinajstić information content (AvgIpc) is 3.19. The van der Waals surface area contributed by atoms with Crippen LogP contribution in [0.25, 0.3) is 11.3 Å². The van der Waals surface area contributed by atoms with Crippen molar-refractivity contribution in [1.82, 2.24) is 15.1 Å². The summed E-state index contributed by atoms with van der Waals surface area (Å²) in [7, 11) is 0. The molecule has 1 aromatic heterocycles. The number of fused-ring (bicyclic) bond motifs is 1. The fourth-order valence-corrected chi connectivity index (χ4v) is 3.68. The van der Waals surface area contributed by atoms with Crippen molar-refractivity contribution < 1.29 is 4.79 Å². The molecule has 1 atom stereocenters. The van der Waals surface area contributed by atoms with Gasteiger partial charge in [0.2, 0.25) is 0 Å². The molecule has 0 aliphatic carbocycles. The number of anilines is 1. The highest BCUT2D eigenvalue weighted by molar-refractivity contribution is 6.01. The molecule has 0 radical (unpaired) electrons. The Bertz CT molecular complexity index is 1150. The largest absolute Gasteiger partial charge is 0.361 e. The average molecular weight is 380 g/mol. The third-order valence-electron chi connectivity index (χ3n) is 5.08. The number of nitrogens with zero attached hydrogens (tertiary/aromatic N) is 2. The van der Waals surface area contributed by atoms with Gasteiger partial charge in [0.05, 0.1) is 17.8 Å². The lowest BCUT2D eigenvalue weighted by atomic mass is 10.0. The van der Waals surface area contributed by atoms with E-state index in [4.69, 9.17) is 5.10 Å². The van der Waals surface area contributed by atoms with Crippen LogP contribution in [0.15, 0.2) is 91.1 Å². The van der Waals surface area contributed by atoms with Crippen LogP contribution in [0, 0.1) is 0 Å². The summed E-state index contributed by atoms with van der Waals surface area (Å²) in [5, 5.41) is 11.4. The molecule has 3 aromatic carbocycles. The highest BCUT2D eigenvalue weighted by atomic mass is 16.2. The summed E-state index contributed by atoms with van der Waals surface area (Å²) < 4.78 is 1.93. The molecule has 0 bridgehead atoms. The van der Waals surface area contributed by atoms with Crippen molar-refractivity contribution in [2.45, 2.75) is 12.7 Å². The number of carbonyl (C=O) groups excluding carboxylic acids is 1. The van der Waals surface area contributed by atoms with E-state index in [-0.39, 0.29) is 12.1 Å². The van der Waals surface area contributed by atoms with Crippen LogP contribution < -0.4 is 10.6 Å². The van der Waals surface area contributed by atoms with E-state index in [0.29, 0.717) is 12.1 Å². The van der Waals surface area contributed by atoms with Gasteiger partial charge in [-0.2, -0.15) is 5.10 Å². The first-order chi connectivity index (χ1) is 14.3. The minimum atomic E-state index is -0.350. The molecule has 142 valence electrons. The lowest BCUT2D eigenvalue weighted by Crippen LogP contribution is -2.38. The number of hydrogen-bond donors (Lipinski definition) is 2. The fraction of sp³-hybridized carbons (Fsp3) is 0.0833. The highest BCUT2D eigenvalue weighted by Crippen LogP contribution is 2.32. The quantitative estimate of drug-likeness (QED) is 0.550. The van der Waals surface area contributed by atoms with Gasteiger partial charge in [0.1, 0.15) is 6.17 Å². The van der Waals surface area contributed by atoms with Crippen LogP contribution >= 0.6 is 0 Å². The third kappa shape index (κ3) is 3.38. The topological polar surface area (TPSA) is 59.0 Å². The molecule has 1 aliphatic rings. The molecule has 1 unspecified atom stereocenters. The summed E-state index contributed by atoms with van der Waals surface area (Å²) in [6.07, 6.45) is 1.67. The second-order valence-corrected chi connectivity index (χ2v) is 7.08. The van der Waals surface area contributed by atoms with Crippen LogP contribution in [-0.4, -0.2) is 15.7 Å². The van der Waals surface area contributed by atoms with Gasteiger partial charge in [0.25, 0.3) is 5.91 Å². The van der Waals surface area contributed by atoms with Crippen LogP contribution in [0.3, 0.4) is 0 Å². The van der Waals surface area contributed by atoms with Crippen LogP contribution in [0.2, 0.25) is 0 Å². The Balaban J connectivity index is 1.55. The third-order valence-corrected chi connectivity index (χ3v) is 5.08. The number of para-hydroxylation sites is 1. The van der Waals surface area contributed by atoms with Crippen LogP contribution in [0.5, 0.6) is 0 Å². The van der Waals surface area contributed by atoms with E-state index < -0.39 is 0 Å². The molecule has 0 saturated heterocycles. The number of benzene rings is 3. The Kier molecular flexibility index (Phi) is 4.33. The minimum Gasteiger partial charge on any atom is -0.361 e. The standard InChI is InChI=1S/C24H20N4O/c29-24-19-13-7-8-14-21(19)25-23(26-24)20-16-28(15-17-9-3-1-4-10-17)27-22(20)18-11-5-2-6-12-18/h1-14,16,23,25H,15H2,(H,26,29). The lowest BCUT2D eigenvalue weighted by molar-refractivity contribution is 0.0936. The Morgan fingerprint density at radius 2 is 1.52 bits per heavy atom. The normalized spacial score (nSPS) is 15.3. The number of aromatic nitrogens is 2.